The van der Waals surface area contributed by atoms with Gasteiger partial charge >= 0.3 is 0 Å². The molecule has 5 heteroatoms. The van der Waals surface area contributed by atoms with Crippen LogP contribution in [-0.2, 0) is 5.88 Å². The molecular weight excluding hydrogens is 277 g/mol. The summed E-state index contributed by atoms with van der Waals surface area (Å²) < 4.78 is 5.72. The minimum atomic E-state index is 0.354. The maximum atomic E-state index is 5.92. The van der Waals surface area contributed by atoms with Crippen molar-refractivity contribution in [2.24, 2.45) is 0 Å². The molecule has 0 amide bonds. The second-order valence-corrected chi connectivity index (χ2v) is 5.37. The molecule has 0 radical (unpaired) electrons. The summed E-state index contributed by atoms with van der Waals surface area (Å²) in [6.07, 6.45) is 0. The lowest BCUT2D eigenvalue weighted by molar-refractivity contribution is 0.475. The van der Waals surface area contributed by atoms with Crippen molar-refractivity contribution >= 4 is 34.5 Å². The summed E-state index contributed by atoms with van der Waals surface area (Å²) in [4.78, 5) is 4.95. The molecular formula is C12H11Cl2NOS. The molecule has 2 aromatic rings. The molecule has 0 unspecified atom stereocenters. The Bertz CT molecular complexity index is 539. The Kier molecular flexibility index (Phi) is 3.92. The van der Waals surface area contributed by atoms with E-state index in [1.165, 1.54) is 11.3 Å². The van der Waals surface area contributed by atoms with Crippen LogP contribution in [0.1, 0.15) is 16.0 Å². The van der Waals surface area contributed by atoms with E-state index < -0.39 is 0 Å². The quantitative estimate of drug-likeness (QED) is 0.746. The summed E-state index contributed by atoms with van der Waals surface area (Å²) in [5.41, 5.74) is 2.21. The van der Waals surface area contributed by atoms with Crippen molar-refractivity contribution in [3.05, 3.63) is 39.4 Å². The third-order valence-electron chi connectivity index (χ3n) is 2.29. The average molecular weight is 288 g/mol. The van der Waals surface area contributed by atoms with Crippen LogP contribution in [0.5, 0.6) is 10.9 Å². The zero-order valence-electron chi connectivity index (χ0n) is 9.46. The van der Waals surface area contributed by atoms with Crippen molar-refractivity contribution in [3.8, 4) is 10.9 Å². The Morgan fingerprint density at radius 2 is 2.12 bits per heavy atom. The van der Waals surface area contributed by atoms with Gasteiger partial charge in [0, 0.05) is 0 Å². The fraction of sp³-hybridized carbons (Fsp3) is 0.250. The topological polar surface area (TPSA) is 22.1 Å². The molecule has 0 spiro atoms. The number of benzene rings is 1. The van der Waals surface area contributed by atoms with E-state index in [2.05, 4.69) is 4.98 Å². The van der Waals surface area contributed by atoms with E-state index in [4.69, 9.17) is 27.9 Å². The number of halogens is 2. The number of ether oxygens (including phenoxy) is 1. The molecule has 2 rings (SSSR count). The molecule has 1 aromatic carbocycles. The minimum Gasteiger partial charge on any atom is -0.431 e. The largest absolute Gasteiger partial charge is 0.431 e. The molecule has 0 aliphatic heterocycles. The highest BCUT2D eigenvalue weighted by Crippen LogP contribution is 2.34. The van der Waals surface area contributed by atoms with E-state index in [1.54, 1.807) is 0 Å². The summed E-state index contributed by atoms with van der Waals surface area (Å²) in [5, 5.41) is 0.949. The predicted octanol–water partition coefficient (Wildman–Crippen LogP) is 4.94. The van der Waals surface area contributed by atoms with E-state index in [-0.39, 0.29) is 0 Å². The number of hydrogen-bond acceptors (Lipinski definition) is 3. The molecule has 0 atom stereocenters. The number of alkyl halides is 1. The van der Waals surface area contributed by atoms with Crippen molar-refractivity contribution in [3.63, 3.8) is 0 Å². The van der Waals surface area contributed by atoms with E-state index in [0.29, 0.717) is 16.2 Å². The van der Waals surface area contributed by atoms with Crippen LogP contribution >= 0.6 is 34.5 Å². The van der Waals surface area contributed by atoms with Crippen molar-refractivity contribution < 1.29 is 4.74 Å². The highest BCUT2D eigenvalue weighted by molar-refractivity contribution is 7.14. The Hall–Kier alpha value is -0.770. The number of rotatable bonds is 3. The number of aromatic nitrogens is 1. The SMILES string of the molecule is Cc1ccc(C)c(Oc2nc(Cl)c(CCl)s2)c1. The van der Waals surface area contributed by atoms with Gasteiger partial charge in [-0.05, 0) is 31.0 Å². The molecule has 90 valence electrons. The van der Waals surface area contributed by atoms with Gasteiger partial charge in [0.1, 0.15) is 10.9 Å². The first kappa shape index (κ1) is 12.7. The minimum absolute atomic E-state index is 0.354. The van der Waals surface area contributed by atoms with Gasteiger partial charge in [0.05, 0.1) is 10.8 Å². The Morgan fingerprint density at radius 3 is 2.76 bits per heavy atom. The standard InChI is InChI=1S/C12H11Cl2NOS/c1-7-3-4-8(2)9(5-7)16-12-15-11(14)10(6-13)17-12/h3-5H,6H2,1-2H3. The first-order chi connectivity index (χ1) is 8.10. The second-order valence-electron chi connectivity index (χ2n) is 3.70. The van der Waals surface area contributed by atoms with Crippen molar-refractivity contribution in [1.29, 1.82) is 0 Å². The molecule has 0 fully saturated rings. The summed E-state index contributed by atoms with van der Waals surface area (Å²) in [7, 11) is 0. The third kappa shape index (κ3) is 2.92. The second kappa shape index (κ2) is 5.25. The van der Waals surface area contributed by atoms with Crippen LogP contribution in [0.4, 0.5) is 0 Å². The van der Waals surface area contributed by atoms with Gasteiger partial charge in [-0.25, -0.2) is 0 Å². The Balaban J connectivity index is 2.27. The fourth-order valence-corrected chi connectivity index (χ4v) is 2.68. The maximum absolute atomic E-state index is 5.92. The van der Waals surface area contributed by atoms with Crippen LogP contribution in [0.3, 0.4) is 0 Å². The highest BCUT2D eigenvalue weighted by atomic mass is 35.5. The van der Waals surface area contributed by atoms with Gasteiger partial charge in [0.15, 0.2) is 0 Å². The van der Waals surface area contributed by atoms with E-state index in [0.717, 1.165) is 21.8 Å². The molecule has 0 saturated carbocycles. The average Bonchev–Trinajstić information content (AvgIpc) is 2.64. The molecule has 1 heterocycles. The van der Waals surface area contributed by atoms with Gasteiger partial charge in [-0.3, -0.25) is 0 Å². The molecule has 2 nitrogen and oxygen atoms in total. The zero-order chi connectivity index (χ0) is 12.4. The number of thiazole rings is 1. The van der Waals surface area contributed by atoms with Gasteiger partial charge < -0.3 is 4.74 Å². The van der Waals surface area contributed by atoms with Gasteiger partial charge in [0.25, 0.3) is 5.19 Å². The van der Waals surface area contributed by atoms with Crippen molar-refractivity contribution in [1.82, 2.24) is 4.98 Å². The molecule has 17 heavy (non-hydrogen) atoms. The maximum Gasteiger partial charge on any atom is 0.280 e. The molecule has 0 aliphatic rings. The number of nitrogens with zero attached hydrogens (tertiary/aromatic N) is 1. The fourth-order valence-electron chi connectivity index (χ4n) is 1.35. The lowest BCUT2D eigenvalue weighted by atomic mass is 10.1. The summed E-state index contributed by atoms with van der Waals surface area (Å²) in [5.74, 6) is 1.16. The van der Waals surface area contributed by atoms with Crippen LogP contribution in [0.15, 0.2) is 18.2 Å². The Morgan fingerprint density at radius 1 is 1.35 bits per heavy atom. The van der Waals surface area contributed by atoms with Gasteiger partial charge in [-0.1, -0.05) is 35.1 Å². The number of hydrogen-bond donors (Lipinski definition) is 0. The summed E-state index contributed by atoms with van der Waals surface area (Å²) in [6, 6.07) is 6.04. The van der Waals surface area contributed by atoms with Gasteiger partial charge in [-0.15, -0.1) is 11.6 Å². The molecule has 1 aromatic heterocycles. The first-order valence-electron chi connectivity index (χ1n) is 5.06. The first-order valence-corrected chi connectivity index (χ1v) is 6.79. The van der Waals surface area contributed by atoms with Crippen LogP contribution in [-0.4, -0.2) is 4.98 Å². The van der Waals surface area contributed by atoms with E-state index in [9.17, 15) is 0 Å². The lowest BCUT2D eigenvalue weighted by Crippen LogP contribution is -1.87. The third-order valence-corrected chi connectivity index (χ3v) is 4.08. The Labute approximate surface area is 114 Å². The lowest BCUT2D eigenvalue weighted by Gasteiger charge is -2.06. The number of aryl methyl sites for hydroxylation is 2. The zero-order valence-corrected chi connectivity index (χ0v) is 11.8. The van der Waals surface area contributed by atoms with E-state index >= 15 is 0 Å². The van der Waals surface area contributed by atoms with Crippen molar-refractivity contribution in [2.45, 2.75) is 19.7 Å². The molecule has 0 saturated heterocycles. The normalized spacial score (nSPS) is 10.6. The van der Waals surface area contributed by atoms with Crippen molar-refractivity contribution in [2.75, 3.05) is 0 Å². The summed E-state index contributed by atoms with van der Waals surface area (Å²) in [6.45, 7) is 4.01. The molecule has 0 aliphatic carbocycles. The van der Waals surface area contributed by atoms with Gasteiger partial charge in [-0.2, -0.15) is 4.98 Å². The molecule has 0 bridgehead atoms. The monoisotopic (exact) mass is 287 g/mol. The van der Waals surface area contributed by atoms with Crippen LogP contribution in [0.25, 0.3) is 0 Å². The van der Waals surface area contributed by atoms with Crippen LogP contribution in [0, 0.1) is 13.8 Å². The van der Waals surface area contributed by atoms with Crippen LogP contribution < -0.4 is 4.74 Å². The smallest absolute Gasteiger partial charge is 0.280 e. The highest BCUT2D eigenvalue weighted by Gasteiger charge is 2.11. The van der Waals surface area contributed by atoms with Crippen LogP contribution in [0.2, 0.25) is 5.15 Å². The molecule has 0 N–H and O–H groups in total. The van der Waals surface area contributed by atoms with E-state index in [1.807, 2.05) is 32.0 Å². The predicted molar refractivity (Wildman–Crippen MR) is 72.7 cm³/mol. The van der Waals surface area contributed by atoms with Gasteiger partial charge in [0.2, 0.25) is 0 Å². The summed E-state index contributed by atoms with van der Waals surface area (Å²) >= 11 is 13.0.